The van der Waals surface area contributed by atoms with E-state index in [-0.39, 0.29) is 11.8 Å². The minimum atomic E-state index is -0.711. The Kier molecular flexibility index (Phi) is 6.98. The fraction of sp³-hybridized carbons (Fsp3) is 0.429. The Hall–Kier alpha value is -1.27. The topological polar surface area (TPSA) is 84.2 Å². The number of carbonyl (C=O) groups excluding carboxylic acids is 2. The van der Waals surface area contributed by atoms with E-state index in [1.54, 1.807) is 6.07 Å². The van der Waals surface area contributed by atoms with Gasteiger partial charge in [0.1, 0.15) is 6.04 Å². The Morgan fingerprint density at radius 2 is 2.05 bits per heavy atom. The molecule has 21 heavy (non-hydrogen) atoms. The van der Waals surface area contributed by atoms with Gasteiger partial charge in [0.2, 0.25) is 5.91 Å². The van der Waals surface area contributed by atoms with E-state index >= 15 is 0 Å². The molecule has 0 heterocycles. The molecule has 0 aromatic heterocycles. The minimum absolute atomic E-state index is 0.254. The van der Waals surface area contributed by atoms with Crippen molar-refractivity contribution < 1.29 is 9.59 Å². The van der Waals surface area contributed by atoms with Crippen molar-refractivity contribution in [3.63, 3.8) is 0 Å². The van der Waals surface area contributed by atoms with Crippen LogP contribution in [0.5, 0.6) is 0 Å². The van der Waals surface area contributed by atoms with Crippen LogP contribution in [0.2, 0.25) is 5.02 Å². The number of hydrogen-bond donors (Lipinski definition) is 3. The Morgan fingerprint density at radius 1 is 1.38 bits per heavy atom. The van der Waals surface area contributed by atoms with Crippen LogP contribution < -0.4 is 16.4 Å². The molecular formula is C14H19BrClN3O2. The largest absolute Gasteiger partial charge is 0.352 e. The standard InChI is InChI=1S/C14H19BrClN3O2/c1-8(2)5-12(19-14(17)21)13(20)18-7-9-3-4-10(15)6-11(9)16/h3-4,6,8,12H,5,7H2,1-2H3,(H,18,20)(H3,17,19,21). The van der Waals surface area contributed by atoms with Crippen molar-refractivity contribution in [3.05, 3.63) is 33.3 Å². The van der Waals surface area contributed by atoms with E-state index in [0.29, 0.717) is 18.0 Å². The number of carbonyl (C=O) groups is 2. The highest BCUT2D eigenvalue weighted by Crippen LogP contribution is 2.21. The van der Waals surface area contributed by atoms with Gasteiger partial charge in [-0.1, -0.05) is 47.4 Å². The molecule has 4 N–H and O–H groups in total. The molecule has 0 aliphatic carbocycles. The van der Waals surface area contributed by atoms with E-state index in [1.807, 2.05) is 26.0 Å². The first-order valence-electron chi connectivity index (χ1n) is 6.57. The molecule has 1 aromatic rings. The highest BCUT2D eigenvalue weighted by atomic mass is 79.9. The predicted molar refractivity (Wildman–Crippen MR) is 87.0 cm³/mol. The van der Waals surface area contributed by atoms with Gasteiger partial charge in [0.25, 0.3) is 0 Å². The van der Waals surface area contributed by atoms with Gasteiger partial charge in [-0.25, -0.2) is 4.79 Å². The van der Waals surface area contributed by atoms with Gasteiger partial charge in [0.05, 0.1) is 0 Å². The summed E-state index contributed by atoms with van der Waals surface area (Å²) in [6.07, 6.45) is 0.517. The van der Waals surface area contributed by atoms with Crippen LogP contribution in [0.3, 0.4) is 0 Å². The first kappa shape index (κ1) is 17.8. The van der Waals surface area contributed by atoms with Crippen molar-refractivity contribution in [2.75, 3.05) is 0 Å². The summed E-state index contributed by atoms with van der Waals surface area (Å²) < 4.78 is 0.871. The molecule has 0 fully saturated rings. The second-order valence-electron chi connectivity index (χ2n) is 5.14. The summed E-state index contributed by atoms with van der Waals surface area (Å²) in [5, 5.41) is 5.78. The first-order chi connectivity index (χ1) is 9.79. The smallest absolute Gasteiger partial charge is 0.312 e. The van der Waals surface area contributed by atoms with E-state index in [9.17, 15) is 9.59 Å². The molecule has 0 aliphatic rings. The molecule has 0 saturated carbocycles. The summed E-state index contributed by atoms with van der Waals surface area (Å²) in [7, 11) is 0. The molecule has 0 bridgehead atoms. The SMILES string of the molecule is CC(C)CC(NC(N)=O)C(=O)NCc1ccc(Br)cc1Cl. The molecule has 116 valence electrons. The summed E-state index contributed by atoms with van der Waals surface area (Å²) >= 11 is 9.41. The number of primary amides is 1. The number of halogens is 2. The second kappa shape index (κ2) is 8.24. The summed E-state index contributed by atoms with van der Waals surface area (Å²) in [5.41, 5.74) is 5.90. The molecule has 1 aromatic carbocycles. The van der Waals surface area contributed by atoms with Crippen molar-refractivity contribution in [2.24, 2.45) is 11.7 Å². The van der Waals surface area contributed by atoms with Gasteiger partial charge in [0.15, 0.2) is 0 Å². The Bertz CT molecular complexity index is 523. The maximum atomic E-state index is 12.1. The molecule has 1 unspecified atom stereocenters. The summed E-state index contributed by atoms with van der Waals surface area (Å²) in [4.78, 5) is 23.1. The van der Waals surface area contributed by atoms with Crippen LogP contribution in [0.4, 0.5) is 4.79 Å². The Labute approximate surface area is 137 Å². The maximum Gasteiger partial charge on any atom is 0.312 e. The van der Waals surface area contributed by atoms with Crippen LogP contribution in [0.1, 0.15) is 25.8 Å². The molecule has 1 atom stereocenters. The van der Waals surface area contributed by atoms with Crippen molar-refractivity contribution >= 4 is 39.5 Å². The molecular weight excluding hydrogens is 358 g/mol. The third-order valence-corrected chi connectivity index (χ3v) is 3.65. The third-order valence-electron chi connectivity index (χ3n) is 2.81. The van der Waals surface area contributed by atoms with Crippen LogP contribution in [-0.2, 0) is 11.3 Å². The van der Waals surface area contributed by atoms with E-state index in [1.165, 1.54) is 0 Å². The lowest BCUT2D eigenvalue weighted by molar-refractivity contribution is -0.123. The first-order valence-corrected chi connectivity index (χ1v) is 7.74. The van der Waals surface area contributed by atoms with Crippen LogP contribution in [0.15, 0.2) is 22.7 Å². The lowest BCUT2D eigenvalue weighted by atomic mass is 10.0. The van der Waals surface area contributed by atoms with Crippen LogP contribution in [0, 0.1) is 5.92 Å². The van der Waals surface area contributed by atoms with E-state index < -0.39 is 12.1 Å². The van der Waals surface area contributed by atoms with Crippen LogP contribution in [-0.4, -0.2) is 18.0 Å². The van der Waals surface area contributed by atoms with Gasteiger partial charge in [-0.2, -0.15) is 0 Å². The third kappa shape index (κ3) is 6.35. The molecule has 0 saturated heterocycles. The van der Waals surface area contributed by atoms with Gasteiger partial charge in [-0.3, -0.25) is 4.79 Å². The van der Waals surface area contributed by atoms with E-state index in [0.717, 1.165) is 10.0 Å². The van der Waals surface area contributed by atoms with E-state index in [4.69, 9.17) is 17.3 Å². The van der Waals surface area contributed by atoms with Crippen LogP contribution in [0.25, 0.3) is 0 Å². The van der Waals surface area contributed by atoms with Crippen molar-refractivity contribution in [3.8, 4) is 0 Å². The zero-order valence-electron chi connectivity index (χ0n) is 12.0. The zero-order valence-corrected chi connectivity index (χ0v) is 14.3. The number of amides is 3. The molecule has 3 amide bonds. The van der Waals surface area contributed by atoms with Gasteiger partial charge in [-0.05, 0) is 30.0 Å². The minimum Gasteiger partial charge on any atom is -0.352 e. The van der Waals surface area contributed by atoms with Crippen molar-refractivity contribution in [1.82, 2.24) is 10.6 Å². The fourth-order valence-electron chi connectivity index (χ4n) is 1.85. The molecule has 0 radical (unpaired) electrons. The molecule has 5 nitrogen and oxygen atoms in total. The molecule has 7 heteroatoms. The average molecular weight is 377 g/mol. The van der Waals surface area contributed by atoms with Gasteiger partial charge in [-0.15, -0.1) is 0 Å². The maximum absolute atomic E-state index is 12.1. The molecule has 0 aliphatic heterocycles. The predicted octanol–water partition coefficient (Wildman–Crippen LogP) is 2.80. The Balaban J connectivity index is 2.66. The number of rotatable bonds is 6. The molecule has 0 spiro atoms. The summed E-state index contributed by atoms with van der Waals surface area (Å²) in [6, 6.07) is 4.08. The monoisotopic (exact) mass is 375 g/mol. The number of nitrogens with two attached hydrogens (primary N) is 1. The summed E-state index contributed by atoms with van der Waals surface area (Å²) in [6.45, 7) is 4.23. The van der Waals surface area contributed by atoms with Gasteiger partial charge >= 0.3 is 6.03 Å². The number of nitrogens with one attached hydrogen (secondary N) is 2. The number of hydrogen-bond acceptors (Lipinski definition) is 2. The summed E-state index contributed by atoms with van der Waals surface area (Å²) in [5.74, 6) is -0.0228. The fourth-order valence-corrected chi connectivity index (χ4v) is 2.59. The van der Waals surface area contributed by atoms with Crippen LogP contribution >= 0.6 is 27.5 Å². The normalized spacial score (nSPS) is 12.0. The highest BCUT2D eigenvalue weighted by Gasteiger charge is 2.20. The molecule has 1 rings (SSSR count). The van der Waals surface area contributed by atoms with Gasteiger partial charge < -0.3 is 16.4 Å². The van der Waals surface area contributed by atoms with Crippen molar-refractivity contribution in [1.29, 1.82) is 0 Å². The van der Waals surface area contributed by atoms with Crippen molar-refractivity contribution in [2.45, 2.75) is 32.9 Å². The quantitative estimate of drug-likeness (QED) is 0.713. The number of benzene rings is 1. The lowest BCUT2D eigenvalue weighted by Crippen LogP contribution is -2.49. The lowest BCUT2D eigenvalue weighted by Gasteiger charge is -2.19. The zero-order chi connectivity index (χ0) is 16.0. The van der Waals surface area contributed by atoms with E-state index in [2.05, 4.69) is 26.6 Å². The van der Waals surface area contributed by atoms with Gasteiger partial charge in [0, 0.05) is 16.0 Å². The number of urea groups is 1. The average Bonchev–Trinajstić information content (AvgIpc) is 2.35. The highest BCUT2D eigenvalue weighted by molar-refractivity contribution is 9.10. The second-order valence-corrected chi connectivity index (χ2v) is 6.47. The Morgan fingerprint density at radius 3 is 2.57 bits per heavy atom.